The highest BCUT2D eigenvalue weighted by Crippen LogP contribution is 2.16. The van der Waals surface area contributed by atoms with Crippen LogP contribution in [0.1, 0.15) is 21.6 Å². The molecule has 0 aliphatic rings. The molecule has 106 valence electrons. The van der Waals surface area contributed by atoms with Crippen molar-refractivity contribution in [1.82, 2.24) is 9.38 Å². The van der Waals surface area contributed by atoms with Crippen LogP contribution in [-0.2, 0) is 6.61 Å². The zero-order valence-electron chi connectivity index (χ0n) is 11.5. The van der Waals surface area contributed by atoms with Gasteiger partial charge in [0, 0.05) is 12.4 Å². The van der Waals surface area contributed by atoms with Crippen LogP contribution in [-0.4, -0.2) is 20.5 Å². The number of imidazole rings is 1. The topological polar surface area (TPSA) is 63.8 Å². The molecule has 1 N–H and O–H groups in total. The number of pyridine rings is 1. The zero-order valence-corrected chi connectivity index (χ0v) is 11.5. The molecule has 0 spiro atoms. The summed E-state index contributed by atoms with van der Waals surface area (Å²) in [4.78, 5) is 15.4. The van der Waals surface area contributed by atoms with E-state index in [-0.39, 0.29) is 5.56 Å². The van der Waals surface area contributed by atoms with Crippen molar-refractivity contribution in [3.8, 4) is 5.75 Å². The predicted molar refractivity (Wildman–Crippen MR) is 77.7 cm³/mol. The quantitative estimate of drug-likeness (QED) is 0.799. The van der Waals surface area contributed by atoms with Gasteiger partial charge in [0.25, 0.3) is 0 Å². The molecule has 0 radical (unpaired) electrons. The summed E-state index contributed by atoms with van der Waals surface area (Å²) in [5.41, 5.74) is 3.00. The second kappa shape index (κ2) is 5.28. The lowest BCUT2D eigenvalue weighted by molar-refractivity contribution is 0.0696. The number of hydrogen-bond acceptors (Lipinski definition) is 3. The Hall–Kier alpha value is -2.82. The molecular weight excluding hydrogens is 268 g/mol. The summed E-state index contributed by atoms with van der Waals surface area (Å²) < 4.78 is 7.56. The number of rotatable bonds is 4. The molecule has 5 heteroatoms. The van der Waals surface area contributed by atoms with Crippen LogP contribution in [0.15, 0.2) is 48.8 Å². The minimum atomic E-state index is -0.969. The molecule has 2 heterocycles. The number of aryl methyl sites for hydroxylation is 1. The minimum Gasteiger partial charge on any atom is -0.487 e. The smallest absolute Gasteiger partial charge is 0.335 e. The van der Waals surface area contributed by atoms with Crippen molar-refractivity contribution in [2.24, 2.45) is 0 Å². The molecule has 0 unspecified atom stereocenters. The van der Waals surface area contributed by atoms with Gasteiger partial charge in [-0.1, -0.05) is 12.1 Å². The van der Waals surface area contributed by atoms with E-state index in [1.807, 2.05) is 35.9 Å². The highest BCUT2D eigenvalue weighted by Gasteiger charge is 2.06. The van der Waals surface area contributed by atoms with Crippen LogP contribution in [0.2, 0.25) is 0 Å². The van der Waals surface area contributed by atoms with E-state index in [1.165, 1.54) is 12.1 Å². The van der Waals surface area contributed by atoms with Gasteiger partial charge in [-0.15, -0.1) is 0 Å². The third-order valence-electron chi connectivity index (χ3n) is 3.20. The van der Waals surface area contributed by atoms with E-state index in [4.69, 9.17) is 9.84 Å². The van der Waals surface area contributed by atoms with Crippen LogP contribution in [0, 0.1) is 6.92 Å². The van der Waals surface area contributed by atoms with Crippen LogP contribution in [0.4, 0.5) is 0 Å². The molecule has 0 aliphatic heterocycles. The van der Waals surface area contributed by atoms with E-state index >= 15 is 0 Å². The predicted octanol–water partition coefficient (Wildman–Crippen LogP) is 2.92. The van der Waals surface area contributed by atoms with Gasteiger partial charge in [-0.3, -0.25) is 0 Å². The number of aromatic carboxylic acids is 1. The Bertz CT molecular complexity index is 808. The van der Waals surface area contributed by atoms with E-state index in [1.54, 1.807) is 12.1 Å². The fourth-order valence-corrected chi connectivity index (χ4v) is 2.15. The number of benzene rings is 1. The van der Waals surface area contributed by atoms with E-state index in [0.29, 0.717) is 12.4 Å². The van der Waals surface area contributed by atoms with Gasteiger partial charge >= 0.3 is 5.97 Å². The first-order chi connectivity index (χ1) is 10.1. The lowest BCUT2D eigenvalue weighted by Crippen LogP contribution is -1.99. The molecule has 0 bridgehead atoms. The Labute approximate surface area is 121 Å². The van der Waals surface area contributed by atoms with Crippen LogP contribution < -0.4 is 4.74 Å². The number of carboxylic acid groups (broad SMARTS) is 1. The van der Waals surface area contributed by atoms with E-state index in [9.17, 15) is 4.79 Å². The Kier molecular flexibility index (Phi) is 3.31. The van der Waals surface area contributed by atoms with Crippen LogP contribution in [0.3, 0.4) is 0 Å². The molecule has 2 aromatic heterocycles. The van der Waals surface area contributed by atoms with Crippen molar-refractivity contribution in [3.63, 3.8) is 0 Å². The van der Waals surface area contributed by atoms with Crippen molar-refractivity contribution in [3.05, 3.63) is 65.6 Å². The third-order valence-corrected chi connectivity index (χ3v) is 3.20. The number of fused-ring (bicyclic) bond motifs is 1. The van der Waals surface area contributed by atoms with Crippen molar-refractivity contribution in [2.75, 3.05) is 0 Å². The molecule has 3 aromatic rings. The number of aromatic nitrogens is 2. The monoisotopic (exact) mass is 282 g/mol. The Morgan fingerprint density at radius 1 is 1.33 bits per heavy atom. The number of nitrogens with zero attached hydrogens (tertiary/aromatic N) is 2. The summed E-state index contributed by atoms with van der Waals surface area (Å²) in [5.74, 6) is -0.451. The minimum absolute atomic E-state index is 0.207. The Balaban J connectivity index is 1.78. The summed E-state index contributed by atoms with van der Waals surface area (Å²) in [7, 11) is 0. The summed E-state index contributed by atoms with van der Waals surface area (Å²) in [6.07, 6.45) is 3.84. The zero-order chi connectivity index (χ0) is 14.8. The molecule has 0 amide bonds. The fraction of sp³-hybridized carbons (Fsp3) is 0.125. The average Bonchev–Trinajstić information content (AvgIpc) is 2.90. The number of carbonyl (C=O) groups is 1. The Morgan fingerprint density at radius 3 is 2.95 bits per heavy atom. The first kappa shape index (κ1) is 13.2. The molecular formula is C16H14N2O3. The maximum Gasteiger partial charge on any atom is 0.335 e. The fourth-order valence-electron chi connectivity index (χ4n) is 2.15. The normalized spacial score (nSPS) is 10.7. The van der Waals surface area contributed by atoms with Crippen molar-refractivity contribution in [1.29, 1.82) is 0 Å². The van der Waals surface area contributed by atoms with Gasteiger partial charge in [0.2, 0.25) is 0 Å². The number of carboxylic acids is 1. The highest BCUT2D eigenvalue weighted by atomic mass is 16.5. The van der Waals surface area contributed by atoms with Gasteiger partial charge in [0.05, 0.1) is 11.3 Å². The summed E-state index contributed by atoms with van der Waals surface area (Å²) in [6.45, 7) is 2.30. The van der Waals surface area contributed by atoms with Crippen LogP contribution in [0.5, 0.6) is 5.75 Å². The van der Waals surface area contributed by atoms with E-state index in [2.05, 4.69) is 4.98 Å². The van der Waals surface area contributed by atoms with Gasteiger partial charge < -0.3 is 14.2 Å². The molecule has 3 rings (SSSR count). The summed E-state index contributed by atoms with van der Waals surface area (Å²) >= 11 is 0. The molecule has 0 saturated carbocycles. The SMILES string of the molecule is Cc1cccn2cc(COc3cccc(C(=O)O)c3)nc12. The highest BCUT2D eigenvalue weighted by molar-refractivity contribution is 5.87. The van der Waals surface area contributed by atoms with Crippen molar-refractivity contribution < 1.29 is 14.6 Å². The molecule has 0 atom stereocenters. The second-order valence-corrected chi connectivity index (χ2v) is 4.78. The van der Waals surface area contributed by atoms with E-state index in [0.717, 1.165) is 16.9 Å². The Morgan fingerprint density at radius 2 is 2.19 bits per heavy atom. The van der Waals surface area contributed by atoms with Crippen LogP contribution >= 0.6 is 0 Å². The lowest BCUT2D eigenvalue weighted by Gasteiger charge is -2.04. The van der Waals surface area contributed by atoms with E-state index < -0.39 is 5.97 Å². The van der Waals surface area contributed by atoms with Crippen molar-refractivity contribution in [2.45, 2.75) is 13.5 Å². The largest absolute Gasteiger partial charge is 0.487 e. The number of hydrogen-bond donors (Lipinski definition) is 1. The summed E-state index contributed by atoms with van der Waals surface area (Å²) in [5, 5.41) is 8.95. The first-order valence-corrected chi connectivity index (χ1v) is 6.53. The van der Waals surface area contributed by atoms with Gasteiger partial charge in [-0.05, 0) is 36.8 Å². The maximum absolute atomic E-state index is 10.9. The molecule has 0 fully saturated rings. The standard InChI is InChI=1S/C16H14N2O3/c1-11-4-3-7-18-9-13(17-15(11)18)10-21-14-6-2-5-12(8-14)16(19)20/h2-9H,10H2,1H3,(H,19,20). The lowest BCUT2D eigenvalue weighted by atomic mass is 10.2. The summed E-state index contributed by atoms with van der Waals surface area (Å²) in [6, 6.07) is 10.4. The average molecular weight is 282 g/mol. The first-order valence-electron chi connectivity index (χ1n) is 6.53. The molecule has 5 nitrogen and oxygen atoms in total. The molecule has 1 aromatic carbocycles. The van der Waals surface area contributed by atoms with Gasteiger partial charge in [-0.2, -0.15) is 0 Å². The van der Waals surface area contributed by atoms with Crippen LogP contribution in [0.25, 0.3) is 5.65 Å². The van der Waals surface area contributed by atoms with Gasteiger partial charge in [0.15, 0.2) is 0 Å². The third kappa shape index (κ3) is 2.72. The van der Waals surface area contributed by atoms with Gasteiger partial charge in [0.1, 0.15) is 18.0 Å². The second-order valence-electron chi connectivity index (χ2n) is 4.78. The molecule has 21 heavy (non-hydrogen) atoms. The molecule has 0 saturated heterocycles. The number of ether oxygens (including phenoxy) is 1. The maximum atomic E-state index is 10.9. The van der Waals surface area contributed by atoms with Gasteiger partial charge in [-0.25, -0.2) is 9.78 Å². The van der Waals surface area contributed by atoms with Crippen molar-refractivity contribution >= 4 is 11.6 Å². The molecule has 0 aliphatic carbocycles.